The zero-order valence-electron chi connectivity index (χ0n) is 15.2. The second-order valence-corrected chi connectivity index (χ2v) is 6.51. The predicted octanol–water partition coefficient (Wildman–Crippen LogP) is 5.68. The Morgan fingerprint density at radius 1 is 0.857 bits per heavy atom. The molecule has 0 radical (unpaired) electrons. The number of hydrogen-bond donors (Lipinski definition) is 1. The van der Waals surface area contributed by atoms with Gasteiger partial charge in [0, 0.05) is 12.1 Å². The molecule has 4 rings (SSSR count). The Labute approximate surface area is 168 Å². The van der Waals surface area contributed by atoms with E-state index in [9.17, 15) is 0 Å². The van der Waals surface area contributed by atoms with Crippen LogP contribution in [-0.4, -0.2) is 17.3 Å². The number of hydrogen-bond acceptors (Lipinski definition) is 5. The topological polar surface area (TPSA) is 60.2 Å². The van der Waals surface area contributed by atoms with Crippen molar-refractivity contribution in [3.8, 4) is 28.7 Å². The van der Waals surface area contributed by atoms with Crippen LogP contribution in [-0.2, 0) is 6.54 Å². The zero-order chi connectivity index (χ0) is 19.3. The van der Waals surface area contributed by atoms with E-state index in [1.807, 2.05) is 66.7 Å². The third kappa shape index (κ3) is 3.70. The molecule has 0 aliphatic carbocycles. The zero-order valence-corrected chi connectivity index (χ0v) is 16.0. The molecule has 0 unspecified atom stereocenters. The van der Waals surface area contributed by atoms with E-state index >= 15 is 0 Å². The Kier molecular flexibility index (Phi) is 5.26. The number of methoxy groups -OCH3 is 1. The van der Waals surface area contributed by atoms with Gasteiger partial charge in [-0.05, 0) is 35.9 Å². The highest BCUT2D eigenvalue weighted by atomic mass is 35.5. The van der Waals surface area contributed by atoms with Crippen molar-refractivity contribution in [2.24, 2.45) is 0 Å². The average Bonchev–Trinajstić information content (AvgIpc) is 3.23. The summed E-state index contributed by atoms with van der Waals surface area (Å²) in [5, 5.41) is 12.4. The smallest absolute Gasteiger partial charge is 0.249 e. The summed E-state index contributed by atoms with van der Waals surface area (Å²) in [6.45, 7) is 0.584. The molecule has 28 heavy (non-hydrogen) atoms. The molecule has 0 fully saturated rings. The quantitative estimate of drug-likeness (QED) is 0.458. The lowest BCUT2D eigenvalue weighted by Gasteiger charge is -2.12. The molecule has 5 nitrogen and oxygen atoms in total. The number of nitrogens with zero attached hydrogens (tertiary/aromatic N) is 2. The molecule has 0 bridgehead atoms. The van der Waals surface area contributed by atoms with Gasteiger partial charge in [0.05, 0.1) is 23.4 Å². The molecule has 0 spiro atoms. The number of halogens is 1. The van der Waals surface area contributed by atoms with Crippen molar-refractivity contribution in [3.05, 3.63) is 83.4 Å². The van der Waals surface area contributed by atoms with Crippen LogP contribution >= 0.6 is 11.6 Å². The van der Waals surface area contributed by atoms with Crippen LogP contribution in [0.25, 0.3) is 22.9 Å². The monoisotopic (exact) mass is 391 g/mol. The fourth-order valence-corrected chi connectivity index (χ4v) is 3.16. The van der Waals surface area contributed by atoms with E-state index in [1.54, 1.807) is 13.2 Å². The third-order valence-electron chi connectivity index (χ3n) is 4.35. The number of benzene rings is 3. The van der Waals surface area contributed by atoms with Crippen LogP contribution < -0.4 is 10.1 Å². The Hall–Kier alpha value is -3.31. The molecule has 0 atom stereocenters. The Bertz CT molecular complexity index is 1090. The number of nitrogens with one attached hydrogen (secondary N) is 1. The summed E-state index contributed by atoms with van der Waals surface area (Å²) in [5.74, 6) is 1.64. The first-order valence-electron chi connectivity index (χ1n) is 8.80. The van der Waals surface area contributed by atoms with E-state index in [2.05, 4.69) is 15.5 Å². The van der Waals surface area contributed by atoms with Crippen LogP contribution in [0.1, 0.15) is 5.56 Å². The minimum absolute atomic E-state index is 0.396. The lowest BCUT2D eigenvalue weighted by atomic mass is 10.1. The number of anilines is 1. The van der Waals surface area contributed by atoms with E-state index in [0.717, 1.165) is 22.6 Å². The van der Waals surface area contributed by atoms with Crippen LogP contribution in [0.15, 0.2) is 77.2 Å². The van der Waals surface area contributed by atoms with Gasteiger partial charge >= 0.3 is 0 Å². The van der Waals surface area contributed by atoms with E-state index in [0.29, 0.717) is 28.9 Å². The number of aromatic nitrogens is 2. The van der Waals surface area contributed by atoms with Crippen molar-refractivity contribution >= 4 is 17.3 Å². The minimum atomic E-state index is 0.396. The van der Waals surface area contributed by atoms with Gasteiger partial charge in [0.2, 0.25) is 11.8 Å². The predicted molar refractivity (Wildman–Crippen MR) is 111 cm³/mol. The first-order valence-corrected chi connectivity index (χ1v) is 9.17. The fourth-order valence-electron chi connectivity index (χ4n) is 2.94. The van der Waals surface area contributed by atoms with Gasteiger partial charge < -0.3 is 14.5 Å². The van der Waals surface area contributed by atoms with Gasteiger partial charge in [-0.2, -0.15) is 0 Å². The highest BCUT2D eigenvalue weighted by molar-refractivity contribution is 6.33. The molecule has 140 valence electrons. The SMILES string of the molecule is COc1ccccc1NCc1ccccc1-c1nnc(-c2ccccc2Cl)o1. The molecule has 0 aliphatic rings. The van der Waals surface area contributed by atoms with Gasteiger partial charge in [-0.25, -0.2) is 0 Å². The minimum Gasteiger partial charge on any atom is -0.495 e. The molecular weight excluding hydrogens is 374 g/mol. The first kappa shape index (κ1) is 18.1. The van der Waals surface area contributed by atoms with Gasteiger partial charge in [-0.15, -0.1) is 10.2 Å². The van der Waals surface area contributed by atoms with Gasteiger partial charge in [0.1, 0.15) is 5.75 Å². The highest BCUT2D eigenvalue weighted by Gasteiger charge is 2.15. The Morgan fingerprint density at radius 2 is 1.50 bits per heavy atom. The van der Waals surface area contributed by atoms with Crippen LogP contribution in [0, 0.1) is 0 Å². The fraction of sp³-hybridized carbons (Fsp3) is 0.0909. The standard InChI is InChI=1S/C22H18ClN3O2/c1-27-20-13-7-6-12-19(20)24-14-15-8-2-3-9-16(15)21-25-26-22(28-21)17-10-4-5-11-18(17)23/h2-13,24H,14H2,1H3. The molecule has 0 saturated carbocycles. The molecule has 3 aromatic carbocycles. The van der Waals surface area contributed by atoms with E-state index in [4.69, 9.17) is 20.8 Å². The molecule has 0 saturated heterocycles. The Morgan fingerprint density at radius 3 is 2.29 bits per heavy atom. The van der Waals surface area contributed by atoms with Crippen molar-refractivity contribution in [2.45, 2.75) is 6.54 Å². The second-order valence-electron chi connectivity index (χ2n) is 6.10. The molecule has 6 heteroatoms. The normalized spacial score (nSPS) is 10.6. The first-order chi connectivity index (χ1) is 13.8. The van der Waals surface area contributed by atoms with E-state index < -0.39 is 0 Å². The molecule has 0 amide bonds. The lowest BCUT2D eigenvalue weighted by molar-refractivity contribution is 0.416. The largest absolute Gasteiger partial charge is 0.495 e. The molecular formula is C22H18ClN3O2. The maximum absolute atomic E-state index is 6.24. The molecule has 4 aromatic rings. The van der Waals surface area contributed by atoms with E-state index in [1.165, 1.54) is 0 Å². The summed E-state index contributed by atoms with van der Waals surface area (Å²) < 4.78 is 11.3. The lowest BCUT2D eigenvalue weighted by Crippen LogP contribution is -2.02. The summed E-state index contributed by atoms with van der Waals surface area (Å²) in [4.78, 5) is 0. The number of para-hydroxylation sites is 2. The maximum atomic E-state index is 6.24. The second kappa shape index (κ2) is 8.15. The van der Waals surface area contributed by atoms with Gasteiger partial charge in [-0.1, -0.05) is 54.1 Å². The van der Waals surface area contributed by atoms with Crippen molar-refractivity contribution in [3.63, 3.8) is 0 Å². The van der Waals surface area contributed by atoms with E-state index in [-0.39, 0.29) is 0 Å². The third-order valence-corrected chi connectivity index (χ3v) is 4.68. The Balaban J connectivity index is 1.61. The van der Waals surface area contributed by atoms with Gasteiger partial charge in [-0.3, -0.25) is 0 Å². The molecule has 1 heterocycles. The van der Waals surface area contributed by atoms with Crippen molar-refractivity contribution < 1.29 is 9.15 Å². The summed E-state index contributed by atoms with van der Waals surface area (Å²) >= 11 is 6.24. The summed E-state index contributed by atoms with van der Waals surface area (Å²) in [5.41, 5.74) is 3.54. The van der Waals surface area contributed by atoms with Crippen molar-refractivity contribution in [1.29, 1.82) is 0 Å². The maximum Gasteiger partial charge on any atom is 0.249 e. The summed E-state index contributed by atoms with van der Waals surface area (Å²) in [6, 6.07) is 23.1. The average molecular weight is 392 g/mol. The van der Waals surface area contributed by atoms with Crippen LogP contribution in [0.5, 0.6) is 5.75 Å². The molecule has 1 N–H and O–H groups in total. The van der Waals surface area contributed by atoms with Crippen molar-refractivity contribution in [2.75, 3.05) is 12.4 Å². The number of rotatable bonds is 6. The summed E-state index contributed by atoms with van der Waals surface area (Å²) in [7, 11) is 1.66. The number of ether oxygens (including phenoxy) is 1. The van der Waals surface area contributed by atoms with Crippen molar-refractivity contribution in [1.82, 2.24) is 10.2 Å². The van der Waals surface area contributed by atoms with Gasteiger partial charge in [0.25, 0.3) is 0 Å². The summed E-state index contributed by atoms with van der Waals surface area (Å²) in [6.07, 6.45) is 0. The highest BCUT2D eigenvalue weighted by Crippen LogP contribution is 2.31. The van der Waals surface area contributed by atoms with Crippen LogP contribution in [0.4, 0.5) is 5.69 Å². The van der Waals surface area contributed by atoms with Crippen LogP contribution in [0.3, 0.4) is 0 Å². The molecule has 1 aromatic heterocycles. The van der Waals surface area contributed by atoms with Crippen LogP contribution in [0.2, 0.25) is 5.02 Å². The molecule has 0 aliphatic heterocycles. The van der Waals surface area contributed by atoms with Gasteiger partial charge in [0.15, 0.2) is 0 Å².